The number of esters is 1. The van der Waals surface area contributed by atoms with Crippen molar-refractivity contribution in [2.45, 2.75) is 39.2 Å². The van der Waals surface area contributed by atoms with Gasteiger partial charge in [0.2, 0.25) is 0 Å². The van der Waals surface area contributed by atoms with Crippen LogP contribution in [0.1, 0.15) is 53.5 Å². The third-order valence-electron chi connectivity index (χ3n) is 5.03. The fourth-order valence-corrected chi connectivity index (χ4v) is 3.29. The number of hydrogen-bond acceptors (Lipinski definition) is 6. The van der Waals surface area contributed by atoms with E-state index in [1.807, 2.05) is 0 Å². The van der Waals surface area contributed by atoms with Crippen molar-refractivity contribution in [3.63, 3.8) is 0 Å². The third-order valence-corrected chi connectivity index (χ3v) is 5.03. The minimum atomic E-state index is -0.736. The summed E-state index contributed by atoms with van der Waals surface area (Å²) in [7, 11) is 1.54. The molecule has 1 heterocycles. The monoisotopic (exact) mass is 422 g/mol. The van der Waals surface area contributed by atoms with Crippen molar-refractivity contribution >= 4 is 22.5 Å². The van der Waals surface area contributed by atoms with E-state index in [9.17, 15) is 14.4 Å². The van der Waals surface area contributed by atoms with Gasteiger partial charge in [-0.2, -0.15) is 5.10 Å². The number of carbonyl (C=O) groups is 2. The first kappa shape index (κ1) is 22.2. The second kappa shape index (κ2) is 10.5. The predicted molar refractivity (Wildman–Crippen MR) is 118 cm³/mol. The number of aromatic nitrogens is 2. The molecule has 0 fully saturated rings. The molecule has 1 aromatic heterocycles. The van der Waals surface area contributed by atoms with Crippen molar-refractivity contribution < 1.29 is 19.1 Å². The van der Waals surface area contributed by atoms with E-state index < -0.39 is 12.6 Å². The Kier molecular flexibility index (Phi) is 7.54. The molecule has 0 radical (unpaired) electrons. The molecule has 0 unspecified atom stereocenters. The van der Waals surface area contributed by atoms with E-state index >= 15 is 0 Å². The van der Waals surface area contributed by atoms with Crippen molar-refractivity contribution in [2.75, 3.05) is 13.7 Å². The smallest absolute Gasteiger partial charge is 0.359 e. The maximum atomic E-state index is 12.8. The highest BCUT2D eigenvalue weighted by Crippen LogP contribution is 2.16. The summed E-state index contributed by atoms with van der Waals surface area (Å²) < 4.78 is 11.6. The van der Waals surface area contributed by atoms with Gasteiger partial charge in [0, 0.05) is 17.5 Å². The van der Waals surface area contributed by atoms with Crippen molar-refractivity contribution in [1.29, 1.82) is 0 Å². The van der Waals surface area contributed by atoms with Crippen LogP contribution < -0.4 is 10.3 Å². The van der Waals surface area contributed by atoms with Crippen LogP contribution in [0.25, 0.3) is 10.8 Å². The Morgan fingerprint density at radius 3 is 2.35 bits per heavy atom. The molecule has 0 amide bonds. The predicted octanol–water partition coefficient (Wildman–Crippen LogP) is 4.03. The first-order valence-corrected chi connectivity index (χ1v) is 10.4. The molecule has 0 saturated carbocycles. The summed E-state index contributed by atoms with van der Waals surface area (Å²) in [5, 5.41) is 5.09. The van der Waals surface area contributed by atoms with E-state index in [0.29, 0.717) is 28.6 Å². The van der Waals surface area contributed by atoms with Gasteiger partial charge in [0.25, 0.3) is 5.56 Å². The van der Waals surface area contributed by atoms with Gasteiger partial charge in [-0.05, 0) is 36.8 Å². The number of methoxy groups -OCH3 is 1. The van der Waals surface area contributed by atoms with E-state index in [4.69, 9.17) is 9.47 Å². The normalized spacial score (nSPS) is 10.8. The lowest BCUT2D eigenvalue weighted by Crippen LogP contribution is -2.27. The van der Waals surface area contributed by atoms with Crippen LogP contribution in [-0.2, 0) is 11.3 Å². The van der Waals surface area contributed by atoms with Crippen LogP contribution in [0.4, 0.5) is 0 Å². The molecule has 0 atom stereocenters. The number of hydrogen-bond donors (Lipinski definition) is 0. The van der Waals surface area contributed by atoms with Gasteiger partial charge in [0.05, 0.1) is 12.5 Å². The zero-order valence-electron chi connectivity index (χ0n) is 17.8. The fraction of sp³-hybridized carbons (Fsp3) is 0.333. The second-order valence-electron chi connectivity index (χ2n) is 7.21. The van der Waals surface area contributed by atoms with Crippen LogP contribution >= 0.6 is 0 Å². The first-order chi connectivity index (χ1) is 15.0. The Bertz CT molecular complexity index is 1120. The third kappa shape index (κ3) is 5.36. The van der Waals surface area contributed by atoms with E-state index in [1.165, 1.54) is 4.68 Å². The number of ketones is 1. The van der Waals surface area contributed by atoms with Crippen LogP contribution in [0.15, 0.2) is 53.3 Å². The summed E-state index contributed by atoms with van der Waals surface area (Å²) in [4.78, 5) is 37.9. The summed E-state index contributed by atoms with van der Waals surface area (Å²) in [6.07, 6.45) is 3.93. The van der Waals surface area contributed by atoms with Gasteiger partial charge in [0.15, 0.2) is 18.1 Å². The average Bonchev–Trinajstić information content (AvgIpc) is 2.81. The van der Waals surface area contributed by atoms with E-state index in [-0.39, 0.29) is 17.0 Å². The summed E-state index contributed by atoms with van der Waals surface area (Å²) in [6.45, 7) is 2.12. The van der Waals surface area contributed by atoms with Gasteiger partial charge in [0.1, 0.15) is 5.75 Å². The van der Waals surface area contributed by atoms with Crippen LogP contribution in [0, 0.1) is 0 Å². The van der Waals surface area contributed by atoms with Crippen LogP contribution in [-0.4, -0.2) is 35.2 Å². The molecule has 0 spiro atoms. The molecule has 162 valence electrons. The fourth-order valence-electron chi connectivity index (χ4n) is 3.29. The van der Waals surface area contributed by atoms with Gasteiger partial charge in [-0.15, -0.1) is 0 Å². The molecule has 3 aromatic rings. The standard InChI is InChI=1S/C24H26N2O5/c1-3-4-5-8-15-26-23(28)20-10-7-6-9-19(20)22(25-26)24(29)31-16-21(27)17-11-13-18(30-2)14-12-17/h6-7,9-14H,3-5,8,15-16H2,1-2H3. The van der Waals surface area contributed by atoms with Gasteiger partial charge in [-0.3, -0.25) is 9.59 Å². The average molecular weight is 422 g/mol. The number of ether oxygens (including phenoxy) is 2. The summed E-state index contributed by atoms with van der Waals surface area (Å²) in [6, 6.07) is 13.4. The summed E-state index contributed by atoms with van der Waals surface area (Å²) in [5.74, 6) is -0.445. The van der Waals surface area contributed by atoms with Gasteiger partial charge in [-0.25, -0.2) is 9.48 Å². The first-order valence-electron chi connectivity index (χ1n) is 10.4. The SMILES string of the molecule is CCCCCCn1nc(C(=O)OCC(=O)c2ccc(OC)cc2)c2ccccc2c1=O. The molecule has 0 N–H and O–H groups in total. The maximum absolute atomic E-state index is 12.8. The Morgan fingerprint density at radius 1 is 0.968 bits per heavy atom. The molecule has 0 saturated heterocycles. The number of carbonyl (C=O) groups excluding carboxylic acids is 2. The van der Waals surface area contributed by atoms with Crippen LogP contribution in [0.5, 0.6) is 5.75 Å². The number of rotatable bonds is 10. The van der Waals surface area contributed by atoms with Crippen molar-refractivity contribution in [1.82, 2.24) is 9.78 Å². The lowest BCUT2D eigenvalue weighted by Gasteiger charge is -2.11. The highest BCUT2D eigenvalue weighted by Gasteiger charge is 2.19. The maximum Gasteiger partial charge on any atom is 0.359 e. The number of aryl methyl sites for hydroxylation is 1. The molecule has 0 bridgehead atoms. The van der Waals surface area contributed by atoms with Crippen LogP contribution in [0.2, 0.25) is 0 Å². The van der Waals surface area contributed by atoms with E-state index in [2.05, 4.69) is 12.0 Å². The highest BCUT2D eigenvalue weighted by atomic mass is 16.5. The topological polar surface area (TPSA) is 87.5 Å². The Balaban J connectivity index is 1.79. The minimum Gasteiger partial charge on any atom is -0.497 e. The molecule has 0 aliphatic rings. The van der Waals surface area contributed by atoms with Crippen molar-refractivity contribution in [3.05, 3.63) is 70.1 Å². The number of benzene rings is 2. The summed E-state index contributed by atoms with van der Waals surface area (Å²) in [5.41, 5.74) is 0.207. The molecule has 3 rings (SSSR count). The zero-order valence-corrected chi connectivity index (χ0v) is 17.8. The van der Waals surface area contributed by atoms with E-state index in [0.717, 1.165) is 25.7 Å². The van der Waals surface area contributed by atoms with Gasteiger partial charge in [-0.1, -0.05) is 44.4 Å². The quantitative estimate of drug-likeness (QED) is 0.279. The molecule has 7 heteroatoms. The van der Waals surface area contributed by atoms with Gasteiger partial charge >= 0.3 is 5.97 Å². The largest absolute Gasteiger partial charge is 0.497 e. The molecule has 0 aliphatic carbocycles. The number of Topliss-reactive ketones (excluding diaryl/α,β-unsaturated/α-hetero) is 1. The molecular formula is C24H26N2O5. The Hall–Kier alpha value is -3.48. The number of unbranched alkanes of at least 4 members (excludes halogenated alkanes) is 3. The second-order valence-corrected chi connectivity index (χ2v) is 7.21. The minimum absolute atomic E-state index is 0.0354. The lowest BCUT2D eigenvalue weighted by molar-refractivity contribution is 0.0468. The zero-order chi connectivity index (χ0) is 22.2. The van der Waals surface area contributed by atoms with Crippen LogP contribution in [0.3, 0.4) is 0 Å². The van der Waals surface area contributed by atoms with Gasteiger partial charge < -0.3 is 9.47 Å². The number of nitrogens with zero attached hydrogens (tertiary/aromatic N) is 2. The molecular weight excluding hydrogens is 396 g/mol. The molecule has 7 nitrogen and oxygen atoms in total. The van der Waals surface area contributed by atoms with E-state index in [1.54, 1.807) is 55.6 Å². The Morgan fingerprint density at radius 2 is 1.68 bits per heavy atom. The highest BCUT2D eigenvalue weighted by molar-refractivity contribution is 6.04. The van der Waals surface area contributed by atoms with Crippen molar-refractivity contribution in [2.24, 2.45) is 0 Å². The molecule has 31 heavy (non-hydrogen) atoms. The summed E-state index contributed by atoms with van der Waals surface area (Å²) >= 11 is 0. The number of fused-ring (bicyclic) bond motifs is 1. The lowest BCUT2D eigenvalue weighted by atomic mass is 10.1. The Labute approximate surface area is 180 Å². The molecule has 0 aliphatic heterocycles. The van der Waals surface area contributed by atoms with Crippen molar-refractivity contribution in [3.8, 4) is 5.75 Å². The molecule has 2 aromatic carbocycles.